The van der Waals surface area contributed by atoms with Gasteiger partial charge in [0, 0.05) is 18.8 Å². The minimum Gasteiger partial charge on any atom is -0.318 e. The lowest BCUT2D eigenvalue weighted by Gasteiger charge is -2.11. The topological polar surface area (TPSA) is 20.3 Å². The molecule has 1 rings (SSSR count). The first-order chi connectivity index (χ1) is 6.75. The number of amides is 1. The van der Waals surface area contributed by atoms with Crippen molar-refractivity contribution in [3.63, 3.8) is 0 Å². The van der Waals surface area contributed by atoms with E-state index in [2.05, 4.69) is 6.58 Å². The smallest absolute Gasteiger partial charge is 0.257 e. The first-order valence-electron chi connectivity index (χ1n) is 4.37. The molecule has 0 aliphatic heterocycles. The van der Waals surface area contributed by atoms with Gasteiger partial charge in [-0.25, -0.2) is 0 Å². The molecule has 0 bridgehead atoms. The van der Waals surface area contributed by atoms with Crippen molar-refractivity contribution in [1.29, 1.82) is 0 Å². The first kappa shape index (κ1) is 10.3. The van der Waals surface area contributed by atoms with Crippen molar-refractivity contribution in [2.75, 3.05) is 7.05 Å². The maximum Gasteiger partial charge on any atom is 0.257 e. The van der Waals surface area contributed by atoms with Crippen molar-refractivity contribution in [3.05, 3.63) is 60.8 Å². The molecule has 0 fully saturated rings. The summed E-state index contributed by atoms with van der Waals surface area (Å²) in [5.74, 6) is -0.0244. The second kappa shape index (κ2) is 5.02. The minimum atomic E-state index is -0.0244. The van der Waals surface area contributed by atoms with Crippen LogP contribution in [0, 0.1) is 0 Å². The summed E-state index contributed by atoms with van der Waals surface area (Å²) in [5, 5.41) is 0. The number of allylic oxidation sites excluding steroid dienone is 2. The highest BCUT2D eigenvalue weighted by Gasteiger charge is 2.06. The van der Waals surface area contributed by atoms with Crippen molar-refractivity contribution < 1.29 is 4.79 Å². The fourth-order valence-corrected chi connectivity index (χ4v) is 1.04. The lowest BCUT2D eigenvalue weighted by molar-refractivity contribution is 0.0850. The molecular weight excluding hydrogens is 174 g/mol. The van der Waals surface area contributed by atoms with Crippen LogP contribution in [0.3, 0.4) is 0 Å². The molecule has 0 saturated heterocycles. The predicted molar refractivity (Wildman–Crippen MR) is 57.9 cm³/mol. The Morgan fingerprint density at radius 2 is 2.00 bits per heavy atom. The average Bonchev–Trinajstić information content (AvgIpc) is 2.26. The molecule has 0 unspecified atom stereocenters. The molecule has 0 atom stereocenters. The van der Waals surface area contributed by atoms with Crippen LogP contribution in [0.25, 0.3) is 0 Å². The van der Waals surface area contributed by atoms with Crippen LogP contribution in [0.15, 0.2) is 55.3 Å². The minimum absolute atomic E-state index is 0.0244. The highest BCUT2D eigenvalue weighted by molar-refractivity contribution is 5.94. The van der Waals surface area contributed by atoms with Crippen LogP contribution in [0.1, 0.15) is 10.4 Å². The second-order valence-corrected chi connectivity index (χ2v) is 2.86. The molecule has 14 heavy (non-hydrogen) atoms. The molecule has 0 radical (unpaired) electrons. The Balaban J connectivity index is 2.76. The van der Waals surface area contributed by atoms with E-state index in [-0.39, 0.29) is 5.91 Å². The van der Waals surface area contributed by atoms with Crippen LogP contribution in [0.4, 0.5) is 0 Å². The second-order valence-electron chi connectivity index (χ2n) is 2.86. The molecule has 72 valence electrons. The summed E-state index contributed by atoms with van der Waals surface area (Å²) in [4.78, 5) is 13.2. The number of carbonyl (C=O) groups excluding carboxylic acids is 1. The quantitative estimate of drug-likeness (QED) is 0.665. The SMILES string of the molecule is C=C/C=C\N(C)C(=O)c1ccccc1. The Labute approximate surface area is 84.2 Å². The molecule has 1 aromatic rings. The van der Waals surface area contributed by atoms with Crippen molar-refractivity contribution in [3.8, 4) is 0 Å². The summed E-state index contributed by atoms with van der Waals surface area (Å²) in [6.07, 6.45) is 5.04. The van der Waals surface area contributed by atoms with Gasteiger partial charge in [0.15, 0.2) is 0 Å². The van der Waals surface area contributed by atoms with Crippen LogP contribution in [-0.4, -0.2) is 17.9 Å². The summed E-state index contributed by atoms with van der Waals surface area (Å²) in [7, 11) is 1.72. The summed E-state index contributed by atoms with van der Waals surface area (Å²) in [6.45, 7) is 3.54. The van der Waals surface area contributed by atoms with Gasteiger partial charge in [0.2, 0.25) is 0 Å². The third-order valence-electron chi connectivity index (χ3n) is 1.79. The molecule has 0 spiro atoms. The Morgan fingerprint density at radius 3 is 2.57 bits per heavy atom. The number of rotatable bonds is 3. The van der Waals surface area contributed by atoms with E-state index in [4.69, 9.17) is 0 Å². The van der Waals surface area contributed by atoms with Gasteiger partial charge in [0.05, 0.1) is 0 Å². The van der Waals surface area contributed by atoms with Gasteiger partial charge >= 0.3 is 0 Å². The highest BCUT2D eigenvalue weighted by Crippen LogP contribution is 2.02. The number of hydrogen-bond donors (Lipinski definition) is 0. The van der Waals surface area contributed by atoms with Gasteiger partial charge in [-0.1, -0.05) is 30.9 Å². The van der Waals surface area contributed by atoms with E-state index in [9.17, 15) is 4.79 Å². The summed E-state index contributed by atoms with van der Waals surface area (Å²) < 4.78 is 0. The van der Waals surface area contributed by atoms with Gasteiger partial charge in [0.1, 0.15) is 0 Å². The summed E-state index contributed by atoms with van der Waals surface area (Å²) in [6, 6.07) is 9.16. The zero-order chi connectivity index (χ0) is 10.4. The van der Waals surface area contributed by atoms with Crippen molar-refractivity contribution in [1.82, 2.24) is 4.90 Å². The molecule has 1 amide bonds. The molecule has 0 N–H and O–H groups in total. The Morgan fingerprint density at radius 1 is 1.36 bits per heavy atom. The van der Waals surface area contributed by atoms with Gasteiger partial charge in [-0.15, -0.1) is 0 Å². The third kappa shape index (κ3) is 2.59. The van der Waals surface area contributed by atoms with Crippen molar-refractivity contribution >= 4 is 5.91 Å². The molecule has 0 aromatic heterocycles. The van der Waals surface area contributed by atoms with Gasteiger partial charge in [-0.2, -0.15) is 0 Å². The number of hydrogen-bond acceptors (Lipinski definition) is 1. The number of benzene rings is 1. The fourth-order valence-electron chi connectivity index (χ4n) is 1.04. The van der Waals surface area contributed by atoms with Crippen LogP contribution in [0.2, 0.25) is 0 Å². The van der Waals surface area contributed by atoms with E-state index in [0.717, 1.165) is 0 Å². The molecule has 0 aliphatic rings. The van der Waals surface area contributed by atoms with Gasteiger partial charge < -0.3 is 4.90 Å². The average molecular weight is 187 g/mol. The van der Waals surface area contributed by atoms with Gasteiger partial charge in [-0.05, 0) is 18.2 Å². The van der Waals surface area contributed by atoms with Crippen molar-refractivity contribution in [2.24, 2.45) is 0 Å². The van der Waals surface area contributed by atoms with E-state index in [1.807, 2.05) is 18.2 Å². The lowest BCUT2D eigenvalue weighted by atomic mass is 10.2. The van der Waals surface area contributed by atoms with E-state index < -0.39 is 0 Å². The number of nitrogens with zero attached hydrogens (tertiary/aromatic N) is 1. The maximum atomic E-state index is 11.7. The van der Waals surface area contributed by atoms with Crippen LogP contribution in [0.5, 0.6) is 0 Å². The van der Waals surface area contributed by atoms with Crippen molar-refractivity contribution in [2.45, 2.75) is 0 Å². The molecule has 0 aliphatic carbocycles. The van der Waals surface area contributed by atoms with E-state index in [1.165, 1.54) is 4.90 Å². The van der Waals surface area contributed by atoms with E-state index in [0.29, 0.717) is 5.56 Å². The monoisotopic (exact) mass is 187 g/mol. The summed E-state index contributed by atoms with van der Waals surface area (Å²) in [5.41, 5.74) is 0.684. The highest BCUT2D eigenvalue weighted by atomic mass is 16.2. The summed E-state index contributed by atoms with van der Waals surface area (Å²) >= 11 is 0. The standard InChI is InChI=1S/C12H13NO/c1-3-4-10-13(2)12(14)11-8-6-5-7-9-11/h3-10H,1H2,2H3/b10-4-. The predicted octanol–water partition coefficient (Wildman–Crippen LogP) is 2.46. The lowest BCUT2D eigenvalue weighted by Crippen LogP contribution is -2.20. The van der Waals surface area contributed by atoms with Gasteiger partial charge in [0.25, 0.3) is 5.91 Å². The first-order valence-corrected chi connectivity index (χ1v) is 4.37. The van der Waals surface area contributed by atoms with Crippen LogP contribution in [-0.2, 0) is 0 Å². The Bertz CT molecular complexity index is 341. The zero-order valence-corrected chi connectivity index (χ0v) is 8.18. The van der Waals surface area contributed by atoms with Gasteiger partial charge in [-0.3, -0.25) is 4.79 Å². The normalized spacial score (nSPS) is 10.1. The Hall–Kier alpha value is -1.83. The zero-order valence-electron chi connectivity index (χ0n) is 8.18. The van der Waals surface area contributed by atoms with Crippen LogP contribution < -0.4 is 0 Å². The molecule has 0 saturated carbocycles. The van der Waals surface area contributed by atoms with E-state index >= 15 is 0 Å². The molecule has 0 heterocycles. The largest absolute Gasteiger partial charge is 0.318 e. The third-order valence-corrected chi connectivity index (χ3v) is 1.79. The fraction of sp³-hybridized carbons (Fsp3) is 0.0833. The van der Waals surface area contributed by atoms with E-state index in [1.54, 1.807) is 37.5 Å². The molecule has 2 nitrogen and oxygen atoms in total. The molecule has 1 aromatic carbocycles. The van der Waals surface area contributed by atoms with Crippen LogP contribution >= 0.6 is 0 Å². The Kier molecular flexibility index (Phi) is 3.68. The molecular formula is C12H13NO. The number of carbonyl (C=O) groups is 1. The maximum absolute atomic E-state index is 11.7. The molecule has 2 heteroatoms.